The Bertz CT molecular complexity index is 842. The molecule has 3 rings (SSSR count). The van der Waals surface area contributed by atoms with E-state index < -0.39 is 0 Å². The monoisotopic (exact) mass is 396 g/mol. The van der Waals surface area contributed by atoms with Crippen LogP contribution in [0.15, 0.2) is 24.3 Å². The fraction of sp³-hybridized carbons (Fsp3) is 0.353. The Balaban J connectivity index is 0.00000225. The van der Waals surface area contributed by atoms with Gasteiger partial charge < -0.3 is 4.90 Å². The molecule has 134 valence electrons. The number of halogens is 1. The van der Waals surface area contributed by atoms with Crippen LogP contribution in [0, 0.1) is 13.8 Å². The average molecular weight is 397 g/mol. The number of thiazole rings is 2. The molecule has 8 heteroatoms. The molecule has 0 radical (unpaired) electrons. The molecule has 3 aromatic rings. The molecule has 0 spiro atoms. The smallest absolute Gasteiger partial charge is 0.272 e. The number of benzene rings is 1. The third-order valence-electron chi connectivity index (χ3n) is 3.63. The number of hydrogen-bond acceptors (Lipinski definition) is 6. The Morgan fingerprint density at radius 3 is 2.40 bits per heavy atom. The number of aryl methyl sites for hydroxylation is 2. The van der Waals surface area contributed by atoms with Crippen LogP contribution in [0.1, 0.15) is 20.4 Å². The molecular formula is C17H21ClN4OS2. The predicted molar refractivity (Wildman–Crippen MR) is 109 cm³/mol. The van der Waals surface area contributed by atoms with Crippen LogP contribution < -0.4 is 4.90 Å². The van der Waals surface area contributed by atoms with Crippen LogP contribution in [0.3, 0.4) is 0 Å². The van der Waals surface area contributed by atoms with Gasteiger partial charge in [0.25, 0.3) is 5.91 Å². The summed E-state index contributed by atoms with van der Waals surface area (Å²) in [6, 6.07) is 7.97. The summed E-state index contributed by atoms with van der Waals surface area (Å²) in [7, 11) is 4.01. The molecule has 1 aromatic carbocycles. The van der Waals surface area contributed by atoms with Crippen molar-refractivity contribution in [2.45, 2.75) is 13.8 Å². The molecule has 0 aliphatic heterocycles. The van der Waals surface area contributed by atoms with E-state index in [9.17, 15) is 4.79 Å². The lowest BCUT2D eigenvalue weighted by atomic mass is 10.3. The highest BCUT2D eigenvalue weighted by Gasteiger charge is 2.24. The van der Waals surface area contributed by atoms with E-state index >= 15 is 0 Å². The SMILES string of the molecule is Cc1nc(C)c(C(=O)N(CCN(C)C)c2nc3ccccc3s2)s1.Cl. The zero-order chi connectivity index (χ0) is 17.3. The highest BCUT2D eigenvalue weighted by atomic mass is 35.5. The number of hydrogen-bond donors (Lipinski definition) is 0. The molecule has 0 saturated carbocycles. The number of para-hydroxylation sites is 1. The summed E-state index contributed by atoms with van der Waals surface area (Å²) in [6.07, 6.45) is 0. The average Bonchev–Trinajstić information content (AvgIpc) is 3.09. The van der Waals surface area contributed by atoms with Crippen molar-refractivity contribution in [3.63, 3.8) is 0 Å². The number of carbonyl (C=O) groups excluding carboxylic acids is 1. The number of rotatable bonds is 5. The topological polar surface area (TPSA) is 49.3 Å². The zero-order valence-electron chi connectivity index (χ0n) is 14.6. The van der Waals surface area contributed by atoms with Crippen molar-refractivity contribution < 1.29 is 4.79 Å². The predicted octanol–water partition coefficient (Wildman–Crippen LogP) is 4.00. The van der Waals surface area contributed by atoms with Gasteiger partial charge in [-0.05, 0) is 40.1 Å². The highest BCUT2D eigenvalue weighted by molar-refractivity contribution is 7.22. The second kappa shape index (κ2) is 8.23. The minimum atomic E-state index is -0.0148. The molecule has 0 saturated heterocycles. The van der Waals surface area contributed by atoms with Crippen molar-refractivity contribution in [2.75, 3.05) is 32.1 Å². The van der Waals surface area contributed by atoms with Crippen molar-refractivity contribution in [1.82, 2.24) is 14.9 Å². The van der Waals surface area contributed by atoms with Crippen molar-refractivity contribution in [2.24, 2.45) is 0 Å². The summed E-state index contributed by atoms with van der Waals surface area (Å²) in [5, 5.41) is 1.65. The fourth-order valence-electron chi connectivity index (χ4n) is 2.41. The molecule has 0 bridgehead atoms. The Hall–Kier alpha value is -1.54. The Labute approximate surface area is 161 Å². The molecule has 0 fully saturated rings. The largest absolute Gasteiger partial charge is 0.308 e. The number of amides is 1. The quantitative estimate of drug-likeness (QED) is 0.654. The van der Waals surface area contributed by atoms with Gasteiger partial charge in [0.05, 0.1) is 20.9 Å². The molecule has 5 nitrogen and oxygen atoms in total. The summed E-state index contributed by atoms with van der Waals surface area (Å²) in [6.45, 7) is 5.19. The summed E-state index contributed by atoms with van der Waals surface area (Å²) >= 11 is 3.00. The van der Waals surface area contributed by atoms with Crippen LogP contribution in [0.2, 0.25) is 0 Å². The van der Waals surface area contributed by atoms with Gasteiger partial charge in [-0.15, -0.1) is 23.7 Å². The minimum absolute atomic E-state index is 0. The summed E-state index contributed by atoms with van der Waals surface area (Å²) in [5.74, 6) is -0.0148. The van der Waals surface area contributed by atoms with Crippen LogP contribution in [-0.2, 0) is 0 Å². The first kappa shape index (κ1) is 19.8. The zero-order valence-corrected chi connectivity index (χ0v) is 17.1. The number of nitrogens with zero attached hydrogens (tertiary/aromatic N) is 4. The van der Waals surface area contributed by atoms with Crippen LogP contribution in [-0.4, -0.2) is 48.0 Å². The Morgan fingerprint density at radius 2 is 1.80 bits per heavy atom. The number of anilines is 1. The molecule has 0 unspecified atom stereocenters. The fourth-order valence-corrected chi connectivity index (χ4v) is 4.27. The van der Waals surface area contributed by atoms with Gasteiger partial charge >= 0.3 is 0 Å². The second-order valence-corrected chi connectivity index (χ2v) is 8.08. The van der Waals surface area contributed by atoms with E-state index in [4.69, 9.17) is 0 Å². The van der Waals surface area contributed by atoms with Gasteiger partial charge in [-0.2, -0.15) is 0 Å². The molecule has 2 aromatic heterocycles. The normalized spacial score (nSPS) is 10.9. The Morgan fingerprint density at radius 1 is 1.08 bits per heavy atom. The minimum Gasteiger partial charge on any atom is -0.308 e. The number of fused-ring (bicyclic) bond motifs is 1. The molecule has 2 heterocycles. The van der Waals surface area contributed by atoms with Crippen LogP contribution in [0.25, 0.3) is 10.2 Å². The van der Waals surface area contributed by atoms with Crippen LogP contribution >= 0.6 is 35.1 Å². The van der Waals surface area contributed by atoms with Crippen molar-refractivity contribution >= 4 is 56.3 Å². The van der Waals surface area contributed by atoms with Crippen molar-refractivity contribution in [3.05, 3.63) is 39.8 Å². The number of likely N-dealkylation sites (N-methyl/N-ethyl adjacent to an activating group) is 1. The molecule has 25 heavy (non-hydrogen) atoms. The molecule has 0 atom stereocenters. The maximum Gasteiger partial charge on any atom is 0.272 e. The first-order valence-electron chi connectivity index (χ1n) is 7.72. The first-order chi connectivity index (χ1) is 11.5. The number of aromatic nitrogens is 2. The Kier molecular flexibility index (Phi) is 6.51. The number of carbonyl (C=O) groups is 1. The highest BCUT2D eigenvalue weighted by Crippen LogP contribution is 2.30. The van der Waals surface area contributed by atoms with E-state index in [1.54, 1.807) is 16.2 Å². The van der Waals surface area contributed by atoms with E-state index in [2.05, 4.69) is 14.9 Å². The standard InChI is InChI=1S/C17H20N4OS2.ClH/c1-11-15(23-12(2)18-11)16(22)21(10-9-20(3)4)17-19-13-7-5-6-8-14(13)24-17;/h5-8H,9-10H2,1-4H3;1H. The molecular weight excluding hydrogens is 376 g/mol. The van der Waals surface area contributed by atoms with Gasteiger partial charge in [0, 0.05) is 13.1 Å². The van der Waals surface area contributed by atoms with Crippen LogP contribution in [0.5, 0.6) is 0 Å². The first-order valence-corrected chi connectivity index (χ1v) is 9.35. The van der Waals surface area contributed by atoms with Gasteiger partial charge in [0.15, 0.2) is 5.13 Å². The summed E-state index contributed by atoms with van der Waals surface area (Å²) in [4.78, 5) is 26.7. The molecule has 0 aliphatic rings. The maximum atomic E-state index is 13.1. The van der Waals surface area contributed by atoms with E-state index in [-0.39, 0.29) is 18.3 Å². The molecule has 0 N–H and O–H groups in total. The van der Waals surface area contributed by atoms with E-state index in [0.717, 1.165) is 32.6 Å². The van der Waals surface area contributed by atoms with E-state index in [1.807, 2.05) is 52.2 Å². The third-order valence-corrected chi connectivity index (χ3v) is 5.75. The van der Waals surface area contributed by atoms with E-state index in [1.165, 1.54) is 11.3 Å². The summed E-state index contributed by atoms with van der Waals surface area (Å²) in [5.41, 5.74) is 1.72. The van der Waals surface area contributed by atoms with Crippen molar-refractivity contribution in [3.8, 4) is 0 Å². The lowest BCUT2D eigenvalue weighted by Gasteiger charge is -2.21. The lowest BCUT2D eigenvalue weighted by molar-refractivity contribution is 0.0988. The third kappa shape index (κ3) is 4.36. The molecule has 0 aliphatic carbocycles. The van der Waals surface area contributed by atoms with Gasteiger partial charge in [-0.25, -0.2) is 9.97 Å². The van der Waals surface area contributed by atoms with Gasteiger partial charge in [0.2, 0.25) is 0 Å². The van der Waals surface area contributed by atoms with Crippen molar-refractivity contribution in [1.29, 1.82) is 0 Å². The van der Waals surface area contributed by atoms with Gasteiger partial charge in [0.1, 0.15) is 4.88 Å². The van der Waals surface area contributed by atoms with E-state index in [0.29, 0.717) is 11.4 Å². The second-order valence-electron chi connectivity index (χ2n) is 5.87. The summed E-state index contributed by atoms with van der Waals surface area (Å²) < 4.78 is 1.09. The maximum absolute atomic E-state index is 13.1. The van der Waals surface area contributed by atoms with Gasteiger partial charge in [-0.1, -0.05) is 23.5 Å². The lowest BCUT2D eigenvalue weighted by Crippen LogP contribution is -2.36. The van der Waals surface area contributed by atoms with Gasteiger partial charge in [-0.3, -0.25) is 9.69 Å². The molecule has 1 amide bonds. The van der Waals surface area contributed by atoms with Crippen LogP contribution in [0.4, 0.5) is 5.13 Å².